The van der Waals surface area contributed by atoms with Crippen LogP contribution in [0.1, 0.15) is 22.8 Å². The molecule has 0 aliphatic heterocycles. The van der Waals surface area contributed by atoms with E-state index in [2.05, 4.69) is 25.1 Å². The van der Waals surface area contributed by atoms with Gasteiger partial charge in [0.2, 0.25) is 21.8 Å². The van der Waals surface area contributed by atoms with E-state index in [0.717, 1.165) is 11.1 Å². The molecule has 0 fully saturated rings. The molecular formula is C15H17N5O3S. The molecule has 8 nitrogen and oxygen atoms in total. The Hall–Kier alpha value is -2.52. The summed E-state index contributed by atoms with van der Waals surface area (Å²) >= 11 is 0. The SMILES string of the molecule is Cc1ccc(-c2nnc(CNS(=O)(=O)c3c(C)n[nH]c3C)o2)cc1. The molecule has 1 aromatic carbocycles. The zero-order valence-electron chi connectivity index (χ0n) is 13.5. The zero-order chi connectivity index (χ0) is 17.3. The Bertz CT molecular complexity index is 938. The number of aromatic amines is 1. The molecule has 2 aromatic heterocycles. The number of hydrogen-bond acceptors (Lipinski definition) is 6. The van der Waals surface area contributed by atoms with Crippen molar-refractivity contribution in [2.24, 2.45) is 0 Å². The number of aryl methyl sites for hydroxylation is 3. The normalized spacial score (nSPS) is 11.8. The van der Waals surface area contributed by atoms with Crippen molar-refractivity contribution in [3.63, 3.8) is 0 Å². The first-order valence-corrected chi connectivity index (χ1v) is 8.76. The van der Waals surface area contributed by atoms with E-state index in [0.29, 0.717) is 17.3 Å². The highest BCUT2D eigenvalue weighted by Gasteiger charge is 2.22. The summed E-state index contributed by atoms with van der Waals surface area (Å²) in [5.74, 6) is 0.535. The van der Waals surface area contributed by atoms with E-state index >= 15 is 0 Å². The summed E-state index contributed by atoms with van der Waals surface area (Å²) < 4.78 is 32.7. The fraction of sp³-hybridized carbons (Fsp3) is 0.267. The predicted molar refractivity (Wildman–Crippen MR) is 86.6 cm³/mol. The number of hydrogen-bond donors (Lipinski definition) is 2. The molecule has 0 saturated heterocycles. The lowest BCUT2D eigenvalue weighted by atomic mass is 10.1. The Kier molecular flexibility index (Phi) is 4.20. The minimum Gasteiger partial charge on any atom is -0.419 e. The van der Waals surface area contributed by atoms with Crippen LogP contribution in [0, 0.1) is 20.8 Å². The number of nitrogens with one attached hydrogen (secondary N) is 2. The van der Waals surface area contributed by atoms with E-state index in [9.17, 15) is 8.42 Å². The molecule has 3 rings (SSSR count). The standard InChI is InChI=1S/C15H17N5O3S/c1-9-4-6-12(7-5-9)15-20-19-13(23-15)8-16-24(21,22)14-10(2)17-18-11(14)3/h4-7,16H,8H2,1-3H3,(H,17,18). The quantitative estimate of drug-likeness (QED) is 0.728. The van der Waals surface area contributed by atoms with Crippen molar-refractivity contribution in [2.75, 3.05) is 0 Å². The Labute approximate surface area is 139 Å². The Balaban J connectivity index is 1.75. The van der Waals surface area contributed by atoms with Crippen molar-refractivity contribution in [3.8, 4) is 11.5 Å². The maximum absolute atomic E-state index is 12.4. The van der Waals surface area contributed by atoms with E-state index in [1.54, 1.807) is 13.8 Å². The highest BCUT2D eigenvalue weighted by Crippen LogP contribution is 2.19. The lowest BCUT2D eigenvalue weighted by Gasteiger charge is -2.04. The smallest absolute Gasteiger partial charge is 0.247 e. The second kappa shape index (κ2) is 6.17. The van der Waals surface area contributed by atoms with Crippen molar-refractivity contribution >= 4 is 10.0 Å². The maximum Gasteiger partial charge on any atom is 0.247 e. The summed E-state index contributed by atoms with van der Waals surface area (Å²) in [6.45, 7) is 5.17. The minimum absolute atomic E-state index is 0.0920. The third-order valence-electron chi connectivity index (χ3n) is 3.51. The van der Waals surface area contributed by atoms with Gasteiger partial charge in [-0.05, 0) is 32.9 Å². The molecule has 2 N–H and O–H groups in total. The van der Waals surface area contributed by atoms with Crippen LogP contribution in [0.2, 0.25) is 0 Å². The lowest BCUT2D eigenvalue weighted by Crippen LogP contribution is -2.24. The first-order chi connectivity index (χ1) is 11.4. The van der Waals surface area contributed by atoms with Gasteiger partial charge in [0, 0.05) is 5.56 Å². The van der Waals surface area contributed by atoms with Gasteiger partial charge in [-0.15, -0.1) is 10.2 Å². The second-order valence-electron chi connectivity index (χ2n) is 5.45. The Morgan fingerprint density at radius 1 is 1.12 bits per heavy atom. The number of rotatable bonds is 5. The van der Waals surface area contributed by atoms with E-state index in [-0.39, 0.29) is 17.3 Å². The van der Waals surface area contributed by atoms with Gasteiger partial charge in [0.25, 0.3) is 0 Å². The van der Waals surface area contributed by atoms with Crippen LogP contribution in [0.25, 0.3) is 11.5 Å². The molecule has 0 aliphatic carbocycles. The van der Waals surface area contributed by atoms with E-state index in [1.165, 1.54) is 0 Å². The van der Waals surface area contributed by atoms with E-state index in [1.807, 2.05) is 31.2 Å². The number of aromatic nitrogens is 4. The molecule has 9 heteroatoms. The van der Waals surface area contributed by atoms with Crippen LogP contribution in [0.5, 0.6) is 0 Å². The van der Waals surface area contributed by atoms with Gasteiger partial charge in [0.1, 0.15) is 4.90 Å². The van der Waals surface area contributed by atoms with Crippen LogP contribution in [-0.2, 0) is 16.6 Å². The van der Waals surface area contributed by atoms with Gasteiger partial charge < -0.3 is 4.42 Å². The summed E-state index contributed by atoms with van der Waals surface area (Å²) in [7, 11) is -3.71. The average Bonchev–Trinajstić information content (AvgIpc) is 3.13. The van der Waals surface area contributed by atoms with Gasteiger partial charge >= 0.3 is 0 Å². The van der Waals surface area contributed by atoms with Crippen molar-refractivity contribution in [1.82, 2.24) is 25.1 Å². The summed E-state index contributed by atoms with van der Waals surface area (Å²) in [6, 6.07) is 7.61. The van der Waals surface area contributed by atoms with E-state index < -0.39 is 10.0 Å². The molecule has 0 spiro atoms. The van der Waals surface area contributed by atoms with Crippen molar-refractivity contribution in [1.29, 1.82) is 0 Å². The zero-order valence-corrected chi connectivity index (χ0v) is 14.3. The van der Waals surface area contributed by atoms with Gasteiger partial charge in [-0.1, -0.05) is 17.7 Å². The molecule has 24 heavy (non-hydrogen) atoms. The van der Waals surface area contributed by atoms with Crippen molar-refractivity contribution < 1.29 is 12.8 Å². The van der Waals surface area contributed by atoms with Crippen LogP contribution in [-0.4, -0.2) is 28.8 Å². The lowest BCUT2D eigenvalue weighted by molar-refractivity contribution is 0.494. The third-order valence-corrected chi connectivity index (χ3v) is 5.17. The number of H-pyrrole nitrogens is 1. The van der Waals surface area contributed by atoms with Crippen LogP contribution >= 0.6 is 0 Å². The summed E-state index contributed by atoms with van der Waals surface area (Å²) in [6.07, 6.45) is 0. The Morgan fingerprint density at radius 3 is 2.46 bits per heavy atom. The van der Waals surface area contributed by atoms with Gasteiger partial charge in [0.05, 0.1) is 17.9 Å². The molecule has 0 aliphatic rings. The van der Waals surface area contributed by atoms with Gasteiger partial charge in [-0.25, -0.2) is 13.1 Å². The van der Waals surface area contributed by atoms with Gasteiger partial charge in [0.15, 0.2) is 0 Å². The topological polar surface area (TPSA) is 114 Å². The average molecular weight is 347 g/mol. The first-order valence-electron chi connectivity index (χ1n) is 7.27. The summed E-state index contributed by atoms with van der Waals surface area (Å²) in [5, 5.41) is 14.4. The molecule has 0 amide bonds. The highest BCUT2D eigenvalue weighted by atomic mass is 32.2. The molecule has 0 unspecified atom stereocenters. The van der Waals surface area contributed by atoms with Crippen molar-refractivity contribution in [3.05, 3.63) is 47.1 Å². The Morgan fingerprint density at radius 2 is 1.83 bits per heavy atom. The third kappa shape index (κ3) is 3.22. The van der Waals surface area contributed by atoms with Gasteiger partial charge in [-0.2, -0.15) is 5.10 Å². The largest absolute Gasteiger partial charge is 0.419 e. The molecule has 0 atom stereocenters. The predicted octanol–water partition coefficient (Wildman–Crippen LogP) is 1.86. The summed E-state index contributed by atoms with van der Waals surface area (Å²) in [4.78, 5) is 0.140. The molecule has 0 bridgehead atoms. The molecule has 0 radical (unpaired) electrons. The molecule has 0 saturated carbocycles. The minimum atomic E-state index is -3.71. The van der Waals surface area contributed by atoms with Crippen LogP contribution in [0.4, 0.5) is 0 Å². The van der Waals surface area contributed by atoms with Crippen LogP contribution < -0.4 is 4.72 Å². The highest BCUT2D eigenvalue weighted by molar-refractivity contribution is 7.89. The summed E-state index contributed by atoms with van der Waals surface area (Å²) in [5.41, 5.74) is 2.79. The molecular weight excluding hydrogens is 330 g/mol. The number of benzene rings is 1. The van der Waals surface area contributed by atoms with Crippen LogP contribution in [0.3, 0.4) is 0 Å². The molecule has 2 heterocycles. The monoisotopic (exact) mass is 347 g/mol. The van der Waals surface area contributed by atoms with Gasteiger partial charge in [-0.3, -0.25) is 5.10 Å². The van der Waals surface area contributed by atoms with Crippen molar-refractivity contribution in [2.45, 2.75) is 32.2 Å². The fourth-order valence-corrected chi connectivity index (χ4v) is 3.64. The first kappa shape index (κ1) is 16.3. The maximum atomic E-state index is 12.4. The van der Waals surface area contributed by atoms with Crippen LogP contribution in [0.15, 0.2) is 33.6 Å². The number of sulfonamides is 1. The molecule has 126 valence electrons. The van der Waals surface area contributed by atoms with E-state index in [4.69, 9.17) is 4.42 Å². The fourth-order valence-electron chi connectivity index (χ4n) is 2.30. The molecule has 3 aromatic rings. The second-order valence-corrected chi connectivity index (χ2v) is 7.16. The number of nitrogens with zero attached hydrogens (tertiary/aromatic N) is 3.